The smallest absolute Gasteiger partial charge is 0.341 e. The van der Waals surface area contributed by atoms with E-state index in [9.17, 15) is 14.4 Å². The zero-order chi connectivity index (χ0) is 18.1. The zero-order valence-corrected chi connectivity index (χ0v) is 16.0. The molecule has 0 bridgehead atoms. The topological polar surface area (TPSA) is 81.7 Å². The van der Waals surface area contributed by atoms with Crippen molar-refractivity contribution >= 4 is 45.9 Å². The van der Waals surface area contributed by atoms with Gasteiger partial charge in [-0.05, 0) is 32.8 Å². The largest absolute Gasteiger partial charge is 0.465 e. The molecule has 0 atom stereocenters. The van der Waals surface area contributed by atoms with Crippen molar-refractivity contribution in [2.75, 3.05) is 30.0 Å². The van der Waals surface area contributed by atoms with E-state index >= 15 is 0 Å². The van der Waals surface area contributed by atoms with Gasteiger partial charge in [0.1, 0.15) is 5.00 Å². The molecule has 0 fully saturated rings. The van der Waals surface area contributed by atoms with Gasteiger partial charge in [-0.3, -0.25) is 9.59 Å². The number of carbonyl (C=O) groups is 3. The Morgan fingerprint density at radius 1 is 1.08 bits per heavy atom. The van der Waals surface area contributed by atoms with Crippen molar-refractivity contribution in [3.05, 3.63) is 16.0 Å². The fraction of sp³-hybridized carbons (Fsp3) is 0.562. The Labute approximate surface area is 150 Å². The first-order valence-corrected chi connectivity index (χ1v) is 9.74. The lowest BCUT2D eigenvalue weighted by molar-refractivity contribution is -0.139. The van der Waals surface area contributed by atoms with E-state index in [4.69, 9.17) is 9.47 Å². The molecule has 0 unspecified atom stereocenters. The number of ether oxygens (including phenoxy) is 2. The van der Waals surface area contributed by atoms with Crippen LogP contribution in [0.3, 0.4) is 0 Å². The average molecular weight is 373 g/mol. The highest BCUT2D eigenvalue weighted by Gasteiger charge is 2.23. The van der Waals surface area contributed by atoms with Crippen LogP contribution in [0.25, 0.3) is 0 Å². The van der Waals surface area contributed by atoms with Crippen molar-refractivity contribution in [2.45, 2.75) is 34.1 Å². The quantitative estimate of drug-likeness (QED) is 0.670. The number of hydrogen-bond acceptors (Lipinski definition) is 7. The summed E-state index contributed by atoms with van der Waals surface area (Å²) in [7, 11) is 0. The van der Waals surface area contributed by atoms with Crippen molar-refractivity contribution < 1.29 is 23.9 Å². The lowest BCUT2D eigenvalue weighted by Gasteiger charge is -2.08. The van der Waals surface area contributed by atoms with E-state index in [0.29, 0.717) is 23.6 Å². The van der Waals surface area contributed by atoms with Crippen molar-refractivity contribution in [1.82, 2.24) is 0 Å². The number of thiophene rings is 1. The summed E-state index contributed by atoms with van der Waals surface area (Å²) in [6, 6.07) is 0. The third kappa shape index (κ3) is 5.83. The first kappa shape index (κ1) is 20.5. The van der Waals surface area contributed by atoms with Crippen LogP contribution >= 0.6 is 23.1 Å². The van der Waals surface area contributed by atoms with Gasteiger partial charge in [0.2, 0.25) is 5.91 Å². The number of thioether (sulfide) groups is 1. The summed E-state index contributed by atoms with van der Waals surface area (Å²) in [5, 5.41) is 3.26. The Morgan fingerprint density at radius 3 is 2.33 bits per heavy atom. The lowest BCUT2D eigenvalue weighted by Crippen LogP contribution is -2.18. The maximum absolute atomic E-state index is 12.2. The number of rotatable bonds is 9. The van der Waals surface area contributed by atoms with Crippen LogP contribution in [-0.2, 0) is 25.5 Å². The first-order valence-electron chi connectivity index (χ1n) is 7.77. The number of aryl methyl sites for hydroxylation is 1. The summed E-state index contributed by atoms with van der Waals surface area (Å²) in [5.74, 6) is -0.801. The highest BCUT2D eigenvalue weighted by atomic mass is 32.2. The third-order valence-electron chi connectivity index (χ3n) is 3.05. The molecule has 1 heterocycles. The van der Waals surface area contributed by atoms with Crippen LogP contribution in [-0.4, -0.2) is 42.6 Å². The van der Waals surface area contributed by atoms with E-state index in [1.807, 2.05) is 13.8 Å². The number of nitrogens with one attached hydrogen (secondary N) is 1. The van der Waals surface area contributed by atoms with E-state index in [1.54, 1.807) is 13.8 Å². The van der Waals surface area contributed by atoms with Crippen LogP contribution in [0.15, 0.2) is 0 Å². The molecule has 0 aliphatic heterocycles. The van der Waals surface area contributed by atoms with Gasteiger partial charge < -0.3 is 14.8 Å². The summed E-state index contributed by atoms with van der Waals surface area (Å²) in [6.45, 7) is 7.95. The molecule has 0 radical (unpaired) electrons. The van der Waals surface area contributed by atoms with Gasteiger partial charge >= 0.3 is 11.9 Å². The van der Waals surface area contributed by atoms with Crippen LogP contribution in [0.1, 0.15) is 41.6 Å². The van der Waals surface area contributed by atoms with E-state index in [0.717, 1.165) is 10.4 Å². The second-order valence-corrected chi connectivity index (χ2v) is 6.97. The summed E-state index contributed by atoms with van der Waals surface area (Å²) in [4.78, 5) is 36.5. The Balaban J connectivity index is 2.74. The van der Waals surface area contributed by atoms with E-state index in [1.165, 1.54) is 23.1 Å². The Hall–Kier alpha value is -1.54. The second-order valence-electron chi connectivity index (χ2n) is 4.76. The molecule has 24 heavy (non-hydrogen) atoms. The van der Waals surface area contributed by atoms with Crippen LogP contribution in [0, 0.1) is 6.92 Å². The number of carbonyl (C=O) groups excluding carboxylic acids is 3. The van der Waals surface area contributed by atoms with Crippen molar-refractivity contribution in [3.8, 4) is 0 Å². The van der Waals surface area contributed by atoms with Gasteiger partial charge in [-0.2, -0.15) is 0 Å². The molecule has 1 aromatic rings. The highest BCUT2D eigenvalue weighted by molar-refractivity contribution is 8.00. The zero-order valence-electron chi connectivity index (χ0n) is 14.4. The SMILES string of the molecule is CCOC(=O)CSCC(=O)Nc1sc(C)c(CC)c1C(=O)OCC. The van der Waals surface area contributed by atoms with E-state index in [2.05, 4.69) is 5.32 Å². The molecular formula is C16H23NO5S2. The molecule has 0 aliphatic rings. The second kappa shape index (κ2) is 10.4. The molecule has 8 heteroatoms. The molecule has 6 nitrogen and oxygen atoms in total. The average Bonchev–Trinajstić information content (AvgIpc) is 2.83. The minimum atomic E-state index is -0.423. The Bertz CT molecular complexity index is 598. The van der Waals surface area contributed by atoms with Crippen LogP contribution in [0.2, 0.25) is 0 Å². The normalized spacial score (nSPS) is 10.3. The molecule has 1 amide bonds. The summed E-state index contributed by atoms with van der Waals surface area (Å²) >= 11 is 2.53. The molecule has 1 aromatic heterocycles. The molecule has 0 spiro atoms. The maximum Gasteiger partial charge on any atom is 0.341 e. The molecule has 134 valence electrons. The summed E-state index contributed by atoms with van der Waals surface area (Å²) in [6.07, 6.45) is 0.684. The molecule has 0 saturated heterocycles. The summed E-state index contributed by atoms with van der Waals surface area (Å²) in [5.41, 5.74) is 1.33. The van der Waals surface area contributed by atoms with Gasteiger partial charge in [-0.15, -0.1) is 23.1 Å². The highest BCUT2D eigenvalue weighted by Crippen LogP contribution is 2.34. The monoisotopic (exact) mass is 373 g/mol. The predicted molar refractivity (Wildman–Crippen MR) is 97.0 cm³/mol. The molecular weight excluding hydrogens is 350 g/mol. The van der Waals surface area contributed by atoms with Gasteiger partial charge in [0.05, 0.1) is 30.3 Å². The third-order valence-corrected chi connectivity index (χ3v) is 5.02. The number of anilines is 1. The van der Waals surface area contributed by atoms with Gasteiger partial charge in [-0.1, -0.05) is 6.92 Å². The Kier molecular flexibility index (Phi) is 8.84. The minimum absolute atomic E-state index is 0.111. The number of hydrogen-bond donors (Lipinski definition) is 1. The van der Waals surface area contributed by atoms with Crippen LogP contribution < -0.4 is 5.32 Å². The fourth-order valence-corrected chi connectivity index (χ4v) is 3.86. The predicted octanol–water partition coefficient (Wildman–Crippen LogP) is 3.03. The minimum Gasteiger partial charge on any atom is -0.465 e. The first-order chi connectivity index (χ1) is 11.4. The number of esters is 2. The molecule has 0 aliphatic carbocycles. The van der Waals surface area contributed by atoms with Crippen LogP contribution in [0.4, 0.5) is 5.00 Å². The van der Waals surface area contributed by atoms with Crippen LogP contribution in [0.5, 0.6) is 0 Å². The van der Waals surface area contributed by atoms with Gasteiger partial charge in [-0.25, -0.2) is 4.79 Å². The van der Waals surface area contributed by atoms with Gasteiger partial charge in [0.15, 0.2) is 0 Å². The number of amides is 1. The van der Waals surface area contributed by atoms with Gasteiger partial charge in [0.25, 0.3) is 0 Å². The molecule has 0 aromatic carbocycles. The van der Waals surface area contributed by atoms with E-state index in [-0.39, 0.29) is 30.0 Å². The van der Waals surface area contributed by atoms with E-state index < -0.39 is 5.97 Å². The molecule has 1 rings (SSSR count). The standard InChI is InChI=1S/C16H23NO5S2/c1-5-11-10(4)24-15(14(11)16(20)22-7-3)17-12(18)8-23-9-13(19)21-6-2/h5-9H2,1-4H3,(H,17,18). The Morgan fingerprint density at radius 2 is 1.75 bits per heavy atom. The fourth-order valence-electron chi connectivity index (χ4n) is 2.10. The summed E-state index contributed by atoms with van der Waals surface area (Å²) < 4.78 is 9.90. The van der Waals surface area contributed by atoms with Crippen molar-refractivity contribution in [1.29, 1.82) is 0 Å². The van der Waals surface area contributed by atoms with Gasteiger partial charge in [0, 0.05) is 4.88 Å². The van der Waals surface area contributed by atoms with Crippen molar-refractivity contribution in [2.24, 2.45) is 0 Å². The molecule has 0 saturated carbocycles. The molecule has 1 N–H and O–H groups in total. The van der Waals surface area contributed by atoms with Crippen molar-refractivity contribution in [3.63, 3.8) is 0 Å². The maximum atomic E-state index is 12.2. The lowest BCUT2D eigenvalue weighted by atomic mass is 10.1.